The normalized spacial score (nSPS) is 19.6. The van der Waals surface area contributed by atoms with Crippen LogP contribution in [0.4, 0.5) is 5.82 Å². The number of nitrogen functional groups attached to an aromatic ring is 1. The predicted octanol–water partition coefficient (Wildman–Crippen LogP) is 1.03. The number of nitrogens with two attached hydrogens (primary N) is 1. The number of nitrogens with zero attached hydrogens (tertiary/aromatic N) is 2. The summed E-state index contributed by atoms with van der Waals surface area (Å²) in [5.41, 5.74) is 5.88. The van der Waals surface area contributed by atoms with E-state index in [1.54, 1.807) is 6.33 Å². The van der Waals surface area contributed by atoms with Crippen LogP contribution in [0, 0.1) is 5.41 Å². The highest BCUT2D eigenvalue weighted by Gasteiger charge is 2.22. The van der Waals surface area contributed by atoms with Crippen LogP contribution in [0.2, 0.25) is 0 Å². The second-order valence-electron chi connectivity index (χ2n) is 3.58. The van der Waals surface area contributed by atoms with Crippen molar-refractivity contribution in [1.82, 2.24) is 9.55 Å². The van der Waals surface area contributed by atoms with E-state index in [0.717, 1.165) is 19.4 Å². The summed E-state index contributed by atoms with van der Waals surface area (Å²) < 4.78 is 7.41. The first kappa shape index (κ1) is 10.7. The number of anilines is 1. The fraction of sp³-hybridized carbons (Fsp3) is 0.400. The van der Waals surface area contributed by atoms with Crippen molar-refractivity contribution < 1.29 is 4.74 Å². The summed E-state index contributed by atoms with van der Waals surface area (Å²) in [5, 5.41) is 10.4. The molecule has 4 N–H and O–H groups in total. The third-order valence-corrected chi connectivity index (χ3v) is 2.50. The highest BCUT2D eigenvalue weighted by Crippen LogP contribution is 2.28. The van der Waals surface area contributed by atoms with E-state index >= 15 is 0 Å². The average molecular weight is 221 g/mol. The lowest BCUT2D eigenvalue weighted by Gasteiger charge is -2.15. The first-order chi connectivity index (χ1) is 7.74. The third-order valence-electron chi connectivity index (χ3n) is 2.50. The number of rotatable bonds is 4. The van der Waals surface area contributed by atoms with Gasteiger partial charge in [-0.3, -0.25) is 9.98 Å². The number of aromatic nitrogens is 2. The topological polar surface area (TPSA) is 89.0 Å². The standard InChI is InChI=1S/C10H15N5O/c1-2-13-10-8(9(11)12)14-6-15(10)7-4-3-5-16-7/h2,6-7,13H,1,3-5H2,(H3,11,12). The molecule has 6 nitrogen and oxygen atoms in total. The van der Waals surface area contributed by atoms with Gasteiger partial charge >= 0.3 is 0 Å². The maximum atomic E-state index is 7.43. The Labute approximate surface area is 93.6 Å². The smallest absolute Gasteiger partial charge is 0.147 e. The van der Waals surface area contributed by atoms with Gasteiger partial charge < -0.3 is 15.8 Å². The largest absolute Gasteiger partial charge is 0.382 e. The van der Waals surface area contributed by atoms with Crippen LogP contribution in [0.15, 0.2) is 19.1 Å². The first-order valence-corrected chi connectivity index (χ1v) is 5.14. The summed E-state index contributed by atoms with van der Waals surface area (Å²) in [6.45, 7) is 4.36. The van der Waals surface area contributed by atoms with E-state index in [1.807, 2.05) is 4.57 Å². The van der Waals surface area contributed by atoms with Crippen LogP contribution < -0.4 is 11.1 Å². The van der Waals surface area contributed by atoms with Gasteiger partial charge in [0, 0.05) is 6.61 Å². The van der Waals surface area contributed by atoms with Gasteiger partial charge in [0.15, 0.2) is 0 Å². The Hall–Kier alpha value is -1.82. The molecular formula is C10H15N5O. The Kier molecular flexibility index (Phi) is 2.91. The molecule has 2 heterocycles. The van der Waals surface area contributed by atoms with Crippen molar-refractivity contribution in [2.45, 2.75) is 19.1 Å². The maximum absolute atomic E-state index is 7.43. The van der Waals surface area contributed by atoms with Gasteiger partial charge in [0.1, 0.15) is 23.6 Å². The number of amidine groups is 1. The third kappa shape index (κ3) is 1.79. The molecule has 6 heteroatoms. The minimum Gasteiger partial charge on any atom is -0.382 e. The van der Waals surface area contributed by atoms with Crippen LogP contribution in [0.3, 0.4) is 0 Å². The zero-order chi connectivity index (χ0) is 11.5. The van der Waals surface area contributed by atoms with Crippen molar-refractivity contribution in [2.75, 3.05) is 11.9 Å². The molecule has 1 fully saturated rings. The van der Waals surface area contributed by atoms with Gasteiger partial charge in [-0.1, -0.05) is 6.58 Å². The van der Waals surface area contributed by atoms with Gasteiger partial charge in [0.05, 0.1) is 6.33 Å². The summed E-state index contributed by atoms with van der Waals surface area (Å²) >= 11 is 0. The van der Waals surface area contributed by atoms with Crippen molar-refractivity contribution >= 4 is 11.7 Å². The van der Waals surface area contributed by atoms with Crippen molar-refractivity contribution in [1.29, 1.82) is 5.41 Å². The molecule has 1 atom stereocenters. The number of hydrogen-bond donors (Lipinski definition) is 3. The van der Waals surface area contributed by atoms with Crippen molar-refractivity contribution in [3.05, 3.63) is 24.8 Å². The average Bonchev–Trinajstić information content (AvgIpc) is 2.84. The fourth-order valence-corrected chi connectivity index (χ4v) is 1.80. The molecule has 0 radical (unpaired) electrons. The lowest BCUT2D eigenvalue weighted by molar-refractivity contribution is 0.0581. The monoisotopic (exact) mass is 221 g/mol. The van der Waals surface area contributed by atoms with E-state index in [4.69, 9.17) is 15.9 Å². The molecule has 0 bridgehead atoms. The molecule has 1 aliphatic rings. The van der Waals surface area contributed by atoms with Gasteiger partial charge in [-0.15, -0.1) is 0 Å². The molecule has 1 unspecified atom stereocenters. The molecule has 1 aromatic rings. The van der Waals surface area contributed by atoms with E-state index in [-0.39, 0.29) is 12.1 Å². The molecule has 0 aliphatic carbocycles. The molecule has 2 rings (SSSR count). The predicted molar refractivity (Wildman–Crippen MR) is 61.3 cm³/mol. The zero-order valence-electron chi connectivity index (χ0n) is 8.94. The van der Waals surface area contributed by atoms with Crippen molar-refractivity contribution in [2.24, 2.45) is 5.73 Å². The minimum absolute atomic E-state index is 0.0250. The number of nitrogens with one attached hydrogen (secondary N) is 2. The lowest BCUT2D eigenvalue weighted by Crippen LogP contribution is -2.15. The molecule has 1 saturated heterocycles. The molecule has 86 valence electrons. The van der Waals surface area contributed by atoms with Crippen molar-refractivity contribution in [3.8, 4) is 0 Å². The van der Waals surface area contributed by atoms with Crippen LogP contribution in [-0.4, -0.2) is 22.0 Å². The quantitative estimate of drug-likeness (QED) is 0.523. The van der Waals surface area contributed by atoms with E-state index in [2.05, 4.69) is 16.9 Å². The second kappa shape index (κ2) is 4.36. The first-order valence-electron chi connectivity index (χ1n) is 5.14. The van der Waals surface area contributed by atoms with Gasteiger partial charge in [-0.05, 0) is 19.0 Å². The summed E-state index contributed by atoms with van der Waals surface area (Å²) in [5.74, 6) is 0.593. The van der Waals surface area contributed by atoms with E-state index in [1.165, 1.54) is 6.20 Å². The Morgan fingerprint density at radius 2 is 2.62 bits per heavy atom. The zero-order valence-corrected chi connectivity index (χ0v) is 8.94. The van der Waals surface area contributed by atoms with Gasteiger partial charge in [-0.2, -0.15) is 0 Å². The molecule has 1 aliphatic heterocycles. The molecule has 0 aromatic carbocycles. The fourth-order valence-electron chi connectivity index (χ4n) is 1.80. The molecule has 0 saturated carbocycles. The Balaban J connectivity index is 2.36. The Morgan fingerprint density at radius 1 is 1.81 bits per heavy atom. The summed E-state index contributed by atoms with van der Waals surface area (Å²) in [6.07, 6.45) is 5.13. The SMILES string of the molecule is C=CNc1c(C(=N)N)ncn1C1CCCO1. The van der Waals surface area contributed by atoms with E-state index < -0.39 is 0 Å². The maximum Gasteiger partial charge on any atom is 0.147 e. The molecular weight excluding hydrogens is 206 g/mol. The van der Waals surface area contributed by atoms with Crippen LogP contribution >= 0.6 is 0 Å². The molecule has 16 heavy (non-hydrogen) atoms. The lowest BCUT2D eigenvalue weighted by atomic mass is 10.3. The van der Waals surface area contributed by atoms with Crippen molar-refractivity contribution in [3.63, 3.8) is 0 Å². The molecule has 0 amide bonds. The number of imidazole rings is 1. The molecule has 0 spiro atoms. The molecule has 1 aromatic heterocycles. The number of ether oxygens (including phenoxy) is 1. The van der Waals surface area contributed by atoms with Crippen LogP contribution in [0.5, 0.6) is 0 Å². The number of hydrogen-bond acceptors (Lipinski definition) is 4. The Morgan fingerprint density at radius 3 is 3.19 bits per heavy atom. The van der Waals surface area contributed by atoms with Gasteiger partial charge in [-0.25, -0.2) is 4.98 Å². The highest BCUT2D eigenvalue weighted by atomic mass is 16.5. The van der Waals surface area contributed by atoms with Crippen LogP contribution in [0.25, 0.3) is 0 Å². The van der Waals surface area contributed by atoms with E-state index in [0.29, 0.717) is 11.5 Å². The minimum atomic E-state index is -0.0684. The van der Waals surface area contributed by atoms with Crippen LogP contribution in [-0.2, 0) is 4.74 Å². The van der Waals surface area contributed by atoms with Gasteiger partial charge in [0.25, 0.3) is 0 Å². The summed E-state index contributed by atoms with van der Waals surface area (Å²) in [4.78, 5) is 4.10. The van der Waals surface area contributed by atoms with E-state index in [9.17, 15) is 0 Å². The second-order valence-corrected chi connectivity index (χ2v) is 3.58. The van der Waals surface area contributed by atoms with Gasteiger partial charge in [0.2, 0.25) is 0 Å². The highest BCUT2D eigenvalue weighted by molar-refractivity contribution is 5.97. The summed E-state index contributed by atoms with van der Waals surface area (Å²) in [7, 11) is 0. The Bertz CT molecular complexity index is 405. The van der Waals surface area contributed by atoms with Crippen LogP contribution in [0.1, 0.15) is 24.8 Å². The summed E-state index contributed by atoms with van der Waals surface area (Å²) in [6, 6.07) is 0.